The number of rotatable bonds is 12. The van der Waals surface area contributed by atoms with Gasteiger partial charge >= 0.3 is 0 Å². The van der Waals surface area contributed by atoms with Crippen LogP contribution in [0.5, 0.6) is 5.75 Å². The molecule has 6 nitrogen and oxygen atoms in total. The van der Waals surface area contributed by atoms with E-state index in [2.05, 4.69) is 5.32 Å². The summed E-state index contributed by atoms with van der Waals surface area (Å²) in [5.74, 6) is 0.399. The first kappa shape index (κ1) is 25.1. The molecule has 1 aromatic carbocycles. The van der Waals surface area contributed by atoms with E-state index < -0.39 is 17.8 Å². The van der Waals surface area contributed by atoms with Gasteiger partial charge in [-0.1, -0.05) is 42.5 Å². The third kappa shape index (κ3) is 8.85. The van der Waals surface area contributed by atoms with Gasteiger partial charge in [-0.3, -0.25) is 4.79 Å². The fraction of sp³-hybridized carbons (Fsp3) is 0.560. The van der Waals surface area contributed by atoms with Gasteiger partial charge in [0.05, 0.1) is 12.2 Å². The number of ether oxygens (including phenoxy) is 1. The summed E-state index contributed by atoms with van der Waals surface area (Å²) in [4.78, 5) is 11.5. The fourth-order valence-corrected chi connectivity index (χ4v) is 3.86. The third-order valence-corrected chi connectivity index (χ3v) is 5.59. The molecular weight excluding hydrogens is 394 g/mol. The molecule has 0 spiro atoms. The van der Waals surface area contributed by atoms with Crippen molar-refractivity contribution in [2.75, 3.05) is 13.2 Å². The van der Waals surface area contributed by atoms with Crippen LogP contribution in [0.25, 0.3) is 0 Å². The van der Waals surface area contributed by atoms with Crippen molar-refractivity contribution in [3.05, 3.63) is 54.6 Å². The number of amides is 1. The molecule has 1 amide bonds. The molecule has 0 bridgehead atoms. The maximum atomic E-state index is 11.5. The van der Waals surface area contributed by atoms with Crippen LogP contribution >= 0.6 is 0 Å². The van der Waals surface area contributed by atoms with E-state index in [0.717, 1.165) is 12.8 Å². The SMILES string of the molecule is CCNC(=O)CCC/C=C/C[C@@H]1[C@@H](/C=C/[C@](C)(O)COc2ccccc2)[C@H](O)C[C@@H]1O. The van der Waals surface area contributed by atoms with Gasteiger partial charge in [0.1, 0.15) is 18.0 Å². The van der Waals surface area contributed by atoms with Crippen LogP contribution < -0.4 is 10.1 Å². The Morgan fingerprint density at radius 3 is 2.68 bits per heavy atom. The topological polar surface area (TPSA) is 99.0 Å². The summed E-state index contributed by atoms with van der Waals surface area (Å²) in [6.45, 7) is 4.30. The highest BCUT2D eigenvalue weighted by atomic mass is 16.5. The number of carbonyl (C=O) groups is 1. The van der Waals surface area contributed by atoms with Crippen LogP contribution in [0.2, 0.25) is 0 Å². The summed E-state index contributed by atoms with van der Waals surface area (Å²) in [7, 11) is 0. The van der Waals surface area contributed by atoms with Crippen LogP contribution in [0.3, 0.4) is 0 Å². The molecule has 0 saturated heterocycles. The molecule has 2 rings (SSSR count). The molecule has 172 valence electrons. The second-order valence-corrected chi connectivity index (χ2v) is 8.48. The lowest BCUT2D eigenvalue weighted by Crippen LogP contribution is -2.30. The summed E-state index contributed by atoms with van der Waals surface area (Å²) in [5.41, 5.74) is -1.19. The molecule has 1 fully saturated rings. The van der Waals surface area contributed by atoms with Crippen molar-refractivity contribution < 1.29 is 24.9 Å². The number of unbranched alkanes of at least 4 members (excludes halogenated alkanes) is 1. The van der Waals surface area contributed by atoms with Gasteiger partial charge in [-0.25, -0.2) is 0 Å². The van der Waals surface area contributed by atoms with E-state index in [1.807, 2.05) is 55.5 Å². The van der Waals surface area contributed by atoms with Gasteiger partial charge in [0.2, 0.25) is 5.91 Å². The van der Waals surface area contributed by atoms with E-state index in [1.165, 1.54) is 0 Å². The van der Waals surface area contributed by atoms with Crippen molar-refractivity contribution in [2.45, 2.75) is 63.8 Å². The summed E-state index contributed by atoms with van der Waals surface area (Å²) >= 11 is 0. The van der Waals surface area contributed by atoms with Crippen LogP contribution in [-0.2, 0) is 4.79 Å². The van der Waals surface area contributed by atoms with Gasteiger partial charge in [-0.05, 0) is 51.2 Å². The van der Waals surface area contributed by atoms with Crippen molar-refractivity contribution in [2.24, 2.45) is 11.8 Å². The molecule has 0 heterocycles. The summed E-state index contributed by atoms with van der Waals surface area (Å²) in [6, 6.07) is 9.29. The lowest BCUT2D eigenvalue weighted by atomic mass is 9.88. The Morgan fingerprint density at radius 2 is 1.97 bits per heavy atom. The number of aliphatic hydroxyl groups excluding tert-OH is 2. The zero-order chi connectivity index (χ0) is 22.7. The fourth-order valence-electron chi connectivity index (χ4n) is 3.86. The largest absolute Gasteiger partial charge is 0.490 e. The minimum absolute atomic E-state index is 0.0683. The lowest BCUT2D eigenvalue weighted by molar-refractivity contribution is -0.121. The van der Waals surface area contributed by atoms with Crippen molar-refractivity contribution in [3.8, 4) is 5.75 Å². The minimum atomic E-state index is -1.19. The van der Waals surface area contributed by atoms with Gasteiger partial charge < -0.3 is 25.4 Å². The maximum Gasteiger partial charge on any atom is 0.219 e. The Balaban J connectivity index is 1.84. The van der Waals surface area contributed by atoms with Gasteiger partial charge in [-0.15, -0.1) is 0 Å². The van der Waals surface area contributed by atoms with Crippen LogP contribution in [0.1, 0.15) is 46.0 Å². The third-order valence-electron chi connectivity index (χ3n) is 5.59. The molecule has 0 aliphatic heterocycles. The predicted molar refractivity (Wildman–Crippen MR) is 122 cm³/mol. The number of nitrogens with one attached hydrogen (secondary N) is 1. The maximum absolute atomic E-state index is 11.5. The Labute approximate surface area is 185 Å². The van der Waals surface area contributed by atoms with E-state index in [0.29, 0.717) is 31.6 Å². The van der Waals surface area contributed by atoms with Crippen LogP contribution in [0.15, 0.2) is 54.6 Å². The lowest BCUT2D eigenvalue weighted by Gasteiger charge is -2.23. The van der Waals surface area contributed by atoms with Crippen molar-refractivity contribution in [3.63, 3.8) is 0 Å². The standard InChI is InChI=1S/C25H37NO5/c1-3-26-24(29)14-10-5-4-9-13-20-21(23(28)17-22(20)27)15-16-25(2,30)18-31-19-11-7-6-8-12-19/h4,6-9,11-12,15-16,20-23,27-28,30H,3,5,10,13-14,17-18H2,1-2H3,(H,26,29)/b9-4+,16-15+/t20-,21-,22+,23-,25+/m1/s1. The number of hydrogen-bond donors (Lipinski definition) is 4. The summed E-state index contributed by atoms with van der Waals surface area (Å²) in [6.07, 6.45) is 9.33. The zero-order valence-electron chi connectivity index (χ0n) is 18.6. The smallest absolute Gasteiger partial charge is 0.219 e. The second-order valence-electron chi connectivity index (χ2n) is 8.48. The monoisotopic (exact) mass is 431 g/mol. The number of benzene rings is 1. The predicted octanol–water partition coefficient (Wildman–Crippen LogP) is 2.98. The van der Waals surface area contributed by atoms with E-state index in [-0.39, 0.29) is 24.3 Å². The Bertz CT molecular complexity index is 716. The molecule has 6 heteroatoms. The number of para-hydroxylation sites is 1. The van der Waals surface area contributed by atoms with E-state index in [1.54, 1.807) is 13.0 Å². The van der Waals surface area contributed by atoms with Gasteiger partial charge in [0.25, 0.3) is 0 Å². The molecule has 1 aliphatic carbocycles. The van der Waals surface area contributed by atoms with E-state index in [9.17, 15) is 20.1 Å². The van der Waals surface area contributed by atoms with Crippen molar-refractivity contribution in [1.29, 1.82) is 0 Å². The quantitative estimate of drug-likeness (QED) is 0.301. The van der Waals surface area contributed by atoms with Crippen LogP contribution in [0.4, 0.5) is 0 Å². The average molecular weight is 432 g/mol. The first-order valence-corrected chi connectivity index (χ1v) is 11.2. The molecule has 31 heavy (non-hydrogen) atoms. The molecule has 0 aromatic heterocycles. The summed E-state index contributed by atoms with van der Waals surface area (Å²) in [5, 5.41) is 34.2. The van der Waals surface area contributed by atoms with Gasteiger partial charge in [0, 0.05) is 25.3 Å². The zero-order valence-corrected chi connectivity index (χ0v) is 18.6. The van der Waals surface area contributed by atoms with Crippen LogP contribution in [0, 0.1) is 11.8 Å². The Kier molecular flexibility index (Phi) is 10.2. The molecule has 5 atom stereocenters. The average Bonchev–Trinajstić information content (AvgIpc) is 3.01. The number of hydrogen-bond acceptors (Lipinski definition) is 5. The highest BCUT2D eigenvalue weighted by molar-refractivity contribution is 5.75. The molecule has 1 saturated carbocycles. The van der Waals surface area contributed by atoms with Gasteiger partial charge in [0.15, 0.2) is 0 Å². The second kappa shape index (κ2) is 12.6. The van der Waals surface area contributed by atoms with Crippen LogP contribution in [-0.4, -0.2) is 52.2 Å². The number of allylic oxidation sites excluding steroid dienone is 2. The first-order chi connectivity index (χ1) is 14.8. The first-order valence-electron chi connectivity index (χ1n) is 11.2. The Morgan fingerprint density at radius 1 is 1.23 bits per heavy atom. The molecule has 4 N–H and O–H groups in total. The van der Waals surface area contributed by atoms with E-state index in [4.69, 9.17) is 4.74 Å². The van der Waals surface area contributed by atoms with E-state index >= 15 is 0 Å². The van der Waals surface area contributed by atoms with Crippen molar-refractivity contribution >= 4 is 5.91 Å². The molecule has 1 aliphatic rings. The molecule has 0 radical (unpaired) electrons. The number of aliphatic hydroxyl groups is 3. The number of carbonyl (C=O) groups excluding carboxylic acids is 1. The van der Waals surface area contributed by atoms with Gasteiger partial charge in [-0.2, -0.15) is 0 Å². The normalized spacial score (nSPS) is 25.7. The molecule has 1 aromatic rings. The Hall–Kier alpha value is -2.15. The summed E-state index contributed by atoms with van der Waals surface area (Å²) < 4.78 is 5.64. The molecule has 0 unspecified atom stereocenters. The van der Waals surface area contributed by atoms with Crippen molar-refractivity contribution in [1.82, 2.24) is 5.32 Å². The minimum Gasteiger partial charge on any atom is -0.490 e. The highest BCUT2D eigenvalue weighted by Gasteiger charge is 2.39. The molecular formula is C25H37NO5. The highest BCUT2D eigenvalue weighted by Crippen LogP contribution is 2.36.